The summed E-state index contributed by atoms with van der Waals surface area (Å²) in [6.45, 7) is 13.2. The van der Waals surface area contributed by atoms with Crippen molar-refractivity contribution >= 4 is 0 Å². The summed E-state index contributed by atoms with van der Waals surface area (Å²) >= 11 is 0. The Balaban J connectivity index is 1.47. The van der Waals surface area contributed by atoms with Crippen molar-refractivity contribution in [1.82, 2.24) is 19.6 Å². The van der Waals surface area contributed by atoms with Crippen molar-refractivity contribution in [1.29, 1.82) is 10.5 Å². The highest BCUT2D eigenvalue weighted by atomic mass is 15.4. The lowest BCUT2D eigenvalue weighted by atomic mass is 9.94. The van der Waals surface area contributed by atoms with Crippen LogP contribution in [-0.4, -0.2) is 85.0 Å². The lowest BCUT2D eigenvalue weighted by Gasteiger charge is -2.32. The number of nitriles is 2. The second kappa shape index (κ2) is 12.2. The SMILES string of the molecule is CCC1CCN(CCCN2CCN(CCCN3CCCCC3)C2=C(C#N)C#N)CC1. The van der Waals surface area contributed by atoms with E-state index in [9.17, 15) is 10.5 Å². The van der Waals surface area contributed by atoms with E-state index < -0.39 is 0 Å². The van der Waals surface area contributed by atoms with Crippen LogP contribution in [0.2, 0.25) is 0 Å². The fourth-order valence-electron chi connectivity index (χ4n) is 5.30. The second-order valence-electron chi connectivity index (χ2n) is 9.20. The molecule has 0 saturated carbocycles. The summed E-state index contributed by atoms with van der Waals surface area (Å²) in [7, 11) is 0. The van der Waals surface area contributed by atoms with E-state index in [1.165, 1.54) is 64.7 Å². The summed E-state index contributed by atoms with van der Waals surface area (Å²) in [5, 5.41) is 19.1. The Bertz CT molecular complexity index is 615. The Morgan fingerprint density at radius 1 is 0.767 bits per heavy atom. The average molecular weight is 413 g/mol. The fourth-order valence-corrected chi connectivity index (χ4v) is 5.30. The van der Waals surface area contributed by atoms with Crippen molar-refractivity contribution in [3.63, 3.8) is 0 Å². The lowest BCUT2D eigenvalue weighted by molar-refractivity contribution is 0.174. The molecule has 0 spiro atoms. The molecule has 0 unspecified atom stereocenters. The van der Waals surface area contributed by atoms with Gasteiger partial charge >= 0.3 is 0 Å². The highest BCUT2D eigenvalue weighted by Crippen LogP contribution is 2.24. The van der Waals surface area contributed by atoms with Crippen LogP contribution >= 0.6 is 0 Å². The first-order valence-corrected chi connectivity index (χ1v) is 12.2. The largest absolute Gasteiger partial charge is 0.355 e. The Morgan fingerprint density at radius 2 is 1.30 bits per heavy atom. The highest BCUT2D eigenvalue weighted by molar-refractivity contribution is 5.40. The fraction of sp³-hybridized carbons (Fsp3) is 0.833. The van der Waals surface area contributed by atoms with E-state index in [1.807, 2.05) is 0 Å². The molecule has 0 N–H and O–H groups in total. The van der Waals surface area contributed by atoms with E-state index in [2.05, 4.69) is 38.7 Å². The minimum Gasteiger partial charge on any atom is -0.355 e. The van der Waals surface area contributed by atoms with Gasteiger partial charge in [0, 0.05) is 26.2 Å². The van der Waals surface area contributed by atoms with E-state index in [1.54, 1.807) is 0 Å². The van der Waals surface area contributed by atoms with Gasteiger partial charge in [-0.1, -0.05) is 19.8 Å². The summed E-state index contributed by atoms with van der Waals surface area (Å²) in [5.41, 5.74) is 0.286. The predicted octanol–water partition coefficient (Wildman–Crippen LogP) is 3.25. The lowest BCUT2D eigenvalue weighted by Crippen LogP contribution is -2.36. The Morgan fingerprint density at radius 3 is 1.80 bits per heavy atom. The van der Waals surface area contributed by atoms with Crippen molar-refractivity contribution in [3.05, 3.63) is 11.4 Å². The summed E-state index contributed by atoms with van der Waals surface area (Å²) < 4.78 is 0. The molecule has 3 saturated heterocycles. The molecule has 0 radical (unpaired) electrons. The van der Waals surface area contributed by atoms with Crippen LogP contribution < -0.4 is 0 Å². The maximum Gasteiger partial charge on any atom is 0.169 e. The van der Waals surface area contributed by atoms with Crippen molar-refractivity contribution in [2.75, 3.05) is 65.4 Å². The molecule has 0 aromatic heterocycles. The monoisotopic (exact) mass is 412 g/mol. The van der Waals surface area contributed by atoms with Gasteiger partial charge in [-0.15, -0.1) is 0 Å². The molecule has 166 valence electrons. The molecule has 6 nitrogen and oxygen atoms in total. The van der Waals surface area contributed by atoms with E-state index in [4.69, 9.17) is 0 Å². The molecular formula is C24H40N6. The van der Waals surface area contributed by atoms with Gasteiger partial charge in [0.1, 0.15) is 18.0 Å². The van der Waals surface area contributed by atoms with Crippen LogP contribution in [0.25, 0.3) is 0 Å². The van der Waals surface area contributed by atoms with Crippen molar-refractivity contribution in [2.45, 2.75) is 58.3 Å². The Labute approximate surface area is 183 Å². The third-order valence-corrected chi connectivity index (χ3v) is 7.22. The van der Waals surface area contributed by atoms with Gasteiger partial charge in [0.15, 0.2) is 5.57 Å². The Kier molecular flexibility index (Phi) is 9.30. The summed E-state index contributed by atoms with van der Waals surface area (Å²) in [4.78, 5) is 9.75. The topological polar surface area (TPSA) is 60.5 Å². The quantitative estimate of drug-likeness (QED) is 0.542. The summed E-state index contributed by atoms with van der Waals surface area (Å²) in [6, 6.07) is 4.32. The van der Waals surface area contributed by atoms with Gasteiger partial charge < -0.3 is 19.6 Å². The number of nitrogens with zero attached hydrogens (tertiary/aromatic N) is 6. The van der Waals surface area contributed by atoms with Crippen molar-refractivity contribution in [3.8, 4) is 12.1 Å². The molecule has 3 fully saturated rings. The van der Waals surface area contributed by atoms with Crippen molar-refractivity contribution < 1.29 is 0 Å². The van der Waals surface area contributed by atoms with Gasteiger partial charge in [0.25, 0.3) is 0 Å². The van der Waals surface area contributed by atoms with E-state index in [0.717, 1.165) is 63.8 Å². The summed E-state index contributed by atoms with van der Waals surface area (Å²) in [5.74, 6) is 1.81. The zero-order valence-corrected chi connectivity index (χ0v) is 19.0. The first kappa shape index (κ1) is 22.9. The van der Waals surface area contributed by atoms with Gasteiger partial charge in [-0.2, -0.15) is 10.5 Å². The predicted molar refractivity (Wildman–Crippen MR) is 120 cm³/mol. The normalized spacial score (nSPS) is 21.6. The van der Waals surface area contributed by atoms with Gasteiger partial charge in [0.05, 0.1) is 0 Å². The van der Waals surface area contributed by atoms with Crippen LogP contribution in [0.5, 0.6) is 0 Å². The molecule has 0 bridgehead atoms. The standard InChI is InChI=1S/C24H40N6/c1-2-22-8-16-28(17-9-22)13-7-15-30-19-18-29(24(30)23(20-25)21-26)14-6-12-27-10-4-3-5-11-27/h22H,2-19H2,1H3. The van der Waals surface area contributed by atoms with Gasteiger partial charge in [-0.05, 0) is 83.7 Å². The van der Waals surface area contributed by atoms with Crippen LogP contribution in [0.3, 0.4) is 0 Å². The maximum atomic E-state index is 9.53. The molecular weight excluding hydrogens is 372 g/mol. The minimum absolute atomic E-state index is 0.286. The van der Waals surface area contributed by atoms with Gasteiger partial charge in [-0.25, -0.2) is 0 Å². The molecule has 0 atom stereocenters. The first-order chi connectivity index (χ1) is 14.7. The molecule has 30 heavy (non-hydrogen) atoms. The van der Waals surface area contributed by atoms with Gasteiger partial charge in [0.2, 0.25) is 0 Å². The molecule has 0 aliphatic carbocycles. The minimum atomic E-state index is 0.286. The number of rotatable bonds is 9. The first-order valence-electron chi connectivity index (χ1n) is 12.2. The molecule has 0 amide bonds. The van der Waals surface area contributed by atoms with E-state index in [-0.39, 0.29) is 5.57 Å². The smallest absolute Gasteiger partial charge is 0.169 e. The molecule has 0 aromatic rings. The number of likely N-dealkylation sites (tertiary alicyclic amines) is 2. The van der Waals surface area contributed by atoms with Crippen LogP contribution in [0.4, 0.5) is 0 Å². The van der Waals surface area contributed by atoms with E-state index >= 15 is 0 Å². The Hall–Kier alpha value is -1.76. The zero-order chi connectivity index (χ0) is 21.2. The third kappa shape index (κ3) is 6.37. The van der Waals surface area contributed by atoms with Crippen LogP contribution in [0.15, 0.2) is 11.4 Å². The van der Waals surface area contributed by atoms with Crippen LogP contribution in [-0.2, 0) is 0 Å². The third-order valence-electron chi connectivity index (χ3n) is 7.22. The summed E-state index contributed by atoms with van der Waals surface area (Å²) in [6.07, 6.45) is 10.2. The molecule has 3 aliphatic heterocycles. The van der Waals surface area contributed by atoms with Crippen LogP contribution in [0.1, 0.15) is 58.3 Å². The maximum absolute atomic E-state index is 9.53. The van der Waals surface area contributed by atoms with Crippen molar-refractivity contribution in [2.24, 2.45) is 5.92 Å². The average Bonchev–Trinajstić information content (AvgIpc) is 3.18. The second-order valence-corrected chi connectivity index (χ2v) is 9.20. The molecule has 0 aromatic carbocycles. The van der Waals surface area contributed by atoms with E-state index in [0.29, 0.717) is 0 Å². The number of allylic oxidation sites excluding steroid dienone is 1. The zero-order valence-electron chi connectivity index (χ0n) is 19.0. The molecule has 3 heterocycles. The number of piperidine rings is 2. The number of hydrogen-bond donors (Lipinski definition) is 0. The molecule has 6 heteroatoms. The molecule has 3 aliphatic rings. The van der Waals surface area contributed by atoms with Crippen LogP contribution in [0, 0.1) is 28.6 Å². The van der Waals surface area contributed by atoms with Gasteiger partial charge in [-0.3, -0.25) is 0 Å². The highest BCUT2D eigenvalue weighted by Gasteiger charge is 2.28. The number of hydrogen-bond acceptors (Lipinski definition) is 6. The molecule has 3 rings (SSSR count).